The molecule has 1 aromatic heterocycles. The Morgan fingerprint density at radius 2 is 1.89 bits per heavy atom. The molecule has 6 heteroatoms. The molecule has 0 saturated carbocycles. The minimum atomic E-state index is 0.170. The van der Waals surface area contributed by atoms with E-state index in [0.717, 1.165) is 82.1 Å². The van der Waals surface area contributed by atoms with Crippen molar-refractivity contribution in [2.45, 2.75) is 45.6 Å². The van der Waals surface area contributed by atoms with E-state index in [0.29, 0.717) is 11.9 Å². The molecular formula is C22H32N4O2. The third kappa shape index (κ3) is 3.88. The molecule has 6 nitrogen and oxygen atoms in total. The Kier molecular flexibility index (Phi) is 5.85. The smallest absolute Gasteiger partial charge is 0.298 e. The van der Waals surface area contributed by atoms with Crippen molar-refractivity contribution < 1.29 is 9.21 Å². The summed E-state index contributed by atoms with van der Waals surface area (Å²) >= 11 is 0. The van der Waals surface area contributed by atoms with Gasteiger partial charge in [0.2, 0.25) is 5.91 Å². The maximum absolute atomic E-state index is 12.8. The molecular weight excluding hydrogens is 352 g/mol. The topological polar surface area (TPSA) is 52.8 Å². The molecule has 2 aliphatic rings. The van der Waals surface area contributed by atoms with Gasteiger partial charge in [0, 0.05) is 38.8 Å². The second-order valence-electron chi connectivity index (χ2n) is 8.03. The lowest BCUT2D eigenvalue weighted by atomic mass is 9.93. The lowest BCUT2D eigenvalue weighted by molar-refractivity contribution is -0.137. The highest BCUT2D eigenvalue weighted by atomic mass is 16.4. The quantitative estimate of drug-likeness (QED) is 0.791. The number of nitrogens with zero attached hydrogens (tertiary/aromatic N) is 4. The fourth-order valence-corrected chi connectivity index (χ4v) is 4.75. The van der Waals surface area contributed by atoms with Crippen LogP contribution in [0.5, 0.6) is 0 Å². The number of amides is 1. The molecule has 3 heterocycles. The number of benzene rings is 1. The van der Waals surface area contributed by atoms with Crippen LogP contribution in [0, 0.1) is 5.92 Å². The fraction of sp³-hybridized carbons (Fsp3) is 0.636. The van der Waals surface area contributed by atoms with Crippen LogP contribution in [0.1, 0.15) is 39.5 Å². The van der Waals surface area contributed by atoms with Gasteiger partial charge in [0.25, 0.3) is 6.01 Å². The zero-order chi connectivity index (χ0) is 19.5. The molecule has 1 amide bonds. The maximum atomic E-state index is 12.8. The predicted molar refractivity (Wildman–Crippen MR) is 111 cm³/mol. The number of rotatable bonds is 5. The lowest BCUT2D eigenvalue weighted by Gasteiger charge is -2.42. The van der Waals surface area contributed by atoms with Crippen LogP contribution in [0.2, 0.25) is 0 Å². The fourth-order valence-electron chi connectivity index (χ4n) is 4.75. The average molecular weight is 385 g/mol. The number of hydrogen-bond donors (Lipinski definition) is 0. The van der Waals surface area contributed by atoms with Crippen molar-refractivity contribution >= 4 is 23.0 Å². The highest BCUT2D eigenvalue weighted by molar-refractivity contribution is 5.79. The minimum absolute atomic E-state index is 0.170. The molecule has 4 rings (SSSR count). The van der Waals surface area contributed by atoms with E-state index in [1.807, 2.05) is 29.2 Å². The molecule has 0 N–H and O–H groups in total. The average Bonchev–Trinajstić information content (AvgIpc) is 3.19. The molecule has 0 spiro atoms. The third-order valence-corrected chi connectivity index (χ3v) is 6.41. The second-order valence-corrected chi connectivity index (χ2v) is 8.03. The maximum Gasteiger partial charge on any atom is 0.298 e. The van der Waals surface area contributed by atoms with Gasteiger partial charge in [-0.3, -0.25) is 9.69 Å². The lowest BCUT2D eigenvalue weighted by Crippen LogP contribution is -2.51. The molecule has 0 unspecified atom stereocenters. The Balaban J connectivity index is 1.34. The number of aromatic nitrogens is 1. The van der Waals surface area contributed by atoms with E-state index in [1.54, 1.807) is 0 Å². The first kappa shape index (κ1) is 19.2. The number of hydrogen-bond acceptors (Lipinski definition) is 5. The molecule has 2 aliphatic heterocycles. The Labute approximate surface area is 167 Å². The van der Waals surface area contributed by atoms with E-state index in [1.165, 1.54) is 0 Å². The number of carbonyl (C=O) groups is 1. The molecule has 1 atom stereocenters. The Hall–Kier alpha value is -2.08. The monoisotopic (exact) mass is 384 g/mol. The highest BCUT2D eigenvalue weighted by Gasteiger charge is 2.33. The van der Waals surface area contributed by atoms with E-state index < -0.39 is 0 Å². The van der Waals surface area contributed by atoms with Gasteiger partial charge in [-0.25, -0.2) is 0 Å². The largest absolute Gasteiger partial charge is 0.423 e. The van der Waals surface area contributed by atoms with Crippen LogP contribution in [0.4, 0.5) is 6.01 Å². The number of likely N-dealkylation sites (tertiary alicyclic amines) is 1. The van der Waals surface area contributed by atoms with Crippen LogP contribution >= 0.6 is 0 Å². The number of anilines is 1. The Bertz CT molecular complexity index is 760. The summed E-state index contributed by atoms with van der Waals surface area (Å²) in [7, 11) is 0. The first-order valence-electron chi connectivity index (χ1n) is 10.8. The van der Waals surface area contributed by atoms with Crippen molar-refractivity contribution in [2.24, 2.45) is 5.92 Å². The van der Waals surface area contributed by atoms with E-state index in [9.17, 15) is 4.79 Å². The number of para-hydroxylation sites is 2. The number of piperidine rings is 2. The summed E-state index contributed by atoms with van der Waals surface area (Å²) in [6.45, 7) is 9.74. The number of carbonyl (C=O) groups excluding carboxylic acids is 1. The summed E-state index contributed by atoms with van der Waals surface area (Å²) in [6, 6.07) is 9.25. The number of oxazole rings is 1. The summed E-state index contributed by atoms with van der Waals surface area (Å²) in [5.41, 5.74) is 1.78. The zero-order valence-corrected chi connectivity index (χ0v) is 17.1. The van der Waals surface area contributed by atoms with E-state index in [4.69, 9.17) is 4.42 Å². The van der Waals surface area contributed by atoms with Crippen molar-refractivity contribution in [3.8, 4) is 0 Å². The highest BCUT2D eigenvalue weighted by Crippen LogP contribution is 2.28. The van der Waals surface area contributed by atoms with Crippen LogP contribution in [0.15, 0.2) is 28.7 Å². The van der Waals surface area contributed by atoms with E-state index >= 15 is 0 Å². The molecule has 0 aliphatic carbocycles. The van der Waals surface area contributed by atoms with Crippen LogP contribution < -0.4 is 4.90 Å². The van der Waals surface area contributed by atoms with Gasteiger partial charge in [-0.15, -0.1) is 0 Å². The van der Waals surface area contributed by atoms with E-state index in [2.05, 4.69) is 28.6 Å². The standard InChI is InChI=1S/C22H32N4O2/c1-3-24(4-2)21(27)17-8-7-13-26(16-17)18-11-14-25(15-12-18)22-23-19-9-5-6-10-20(19)28-22/h5-6,9-10,17-18H,3-4,7-8,11-16H2,1-2H3/t17-/m1/s1. The van der Waals surface area contributed by atoms with Gasteiger partial charge >= 0.3 is 0 Å². The summed E-state index contributed by atoms with van der Waals surface area (Å²) in [4.78, 5) is 24.2. The van der Waals surface area contributed by atoms with Crippen molar-refractivity contribution in [3.63, 3.8) is 0 Å². The molecule has 2 fully saturated rings. The van der Waals surface area contributed by atoms with Crippen LogP contribution in [-0.2, 0) is 4.79 Å². The zero-order valence-electron chi connectivity index (χ0n) is 17.1. The van der Waals surface area contributed by atoms with Gasteiger partial charge in [-0.1, -0.05) is 12.1 Å². The molecule has 0 bridgehead atoms. The van der Waals surface area contributed by atoms with Gasteiger partial charge in [-0.05, 0) is 58.2 Å². The van der Waals surface area contributed by atoms with Gasteiger partial charge in [0.1, 0.15) is 5.52 Å². The van der Waals surface area contributed by atoms with Crippen molar-refractivity contribution in [1.82, 2.24) is 14.8 Å². The minimum Gasteiger partial charge on any atom is -0.423 e. The molecule has 152 valence electrons. The molecule has 1 aromatic carbocycles. The molecule has 2 saturated heterocycles. The van der Waals surface area contributed by atoms with E-state index in [-0.39, 0.29) is 5.92 Å². The van der Waals surface area contributed by atoms with Crippen molar-refractivity contribution in [3.05, 3.63) is 24.3 Å². The van der Waals surface area contributed by atoms with Crippen LogP contribution in [-0.4, -0.2) is 66.0 Å². The van der Waals surface area contributed by atoms with Crippen molar-refractivity contribution in [2.75, 3.05) is 44.2 Å². The third-order valence-electron chi connectivity index (χ3n) is 6.41. The first-order chi connectivity index (χ1) is 13.7. The molecule has 2 aromatic rings. The Morgan fingerprint density at radius 3 is 2.61 bits per heavy atom. The normalized spacial score (nSPS) is 21.9. The van der Waals surface area contributed by atoms with Gasteiger partial charge in [0.15, 0.2) is 5.58 Å². The Morgan fingerprint density at radius 1 is 1.14 bits per heavy atom. The van der Waals surface area contributed by atoms with Gasteiger partial charge in [0.05, 0.1) is 5.92 Å². The summed E-state index contributed by atoms with van der Waals surface area (Å²) < 4.78 is 5.94. The molecule has 28 heavy (non-hydrogen) atoms. The first-order valence-corrected chi connectivity index (χ1v) is 10.8. The van der Waals surface area contributed by atoms with Crippen molar-refractivity contribution in [1.29, 1.82) is 0 Å². The second kappa shape index (κ2) is 8.52. The molecule has 0 radical (unpaired) electrons. The van der Waals surface area contributed by atoms with Crippen LogP contribution in [0.25, 0.3) is 11.1 Å². The SMILES string of the molecule is CCN(CC)C(=O)[C@@H]1CCCN(C2CCN(c3nc4ccccc4o3)CC2)C1. The summed E-state index contributed by atoms with van der Waals surface area (Å²) in [5.74, 6) is 0.516. The van der Waals surface area contributed by atoms with Gasteiger partial charge < -0.3 is 14.2 Å². The summed E-state index contributed by atoms with van der Waals surface area (Å²) in [5, 5.41) is 0. The summed E-state index contributed by atoms with van der Waals surface area (Å²) in [6.07, 6.45) is 4.37. The van der Waals surface area contributed by atoms with Gasteiger partial charge in [-0.2, -0.15) is 4.98 Å². The van der Waals surface area contributed by atoms with Crippen LogP contribution in [0.3, 0.4) is 0 Å². The predicted octanol–water partition coefficient (Wildman–Crippen LogP) is 3.38. The number of fused-ring (bicyclic) bond motifs is 1.